The maximum atomic E-state index is 13.2. The minimum absolute atomic E-state index is 0.0974. The number of nitrogens with zero attached hydrogens (tertiary/aromatic N) is 4. The van der Waals surface area contributed by atoms with Crippen molar-refractivity contribution in [2.24, 2.45) is 0 Å². The maximum absolute atomic E-state index is 13.2. The second-order valence-corrected chi connectivity index (χ2v) is 7.29. The molecule has 0 bridgehead atoms. The van der Waals surface area contributed by atoms with Crippen molar-refractivity contribution in [3.05, 3.63) is 65.5 Å². The van der Waals surface area contributed by atoms with Gasteiger partial charge < -0.3 is 20.3 Å². The summed E-state index contributed by atoms with van der Waals surface area (Å²) in [4.78, 5) is 25.9. The summed E-state index contributed by atoms with van der Waals surface area (Å²) in [6.07, 6.45) is 4.18. The van der Waals surface area contributed by atoms with Crippen LogP contribution in [-0.4, -0.2) is 36.1 Å². The number of aromatic nitrogens is 2. The first-order valence-electron chi connectivity index (χ1n) is 9.98. The quantitative estimate of drug-likeness (QED) is 0.654. The number of hydrogen-bond donors (Lipinski definition) is 1. The molecule has 2 aromatic heterocycles. The van der Waals surface area contributed by atoms with Gasteiger partial charge in [0.2, 0.25) is 0 Å². The number of aryl methyl sites for hydroxylation is 1. The molecule has 0 radical (unpaired) electrons. The number of benzene rings is 1. The van der Waals surface area contributed by atoms with Gasteiger partial charge >= 0.3 is 0 Å². The van der Waals surface area contributed by atoms with E-state index in [2.05, 4.69) is 9.97 Å². The zero-order valence-electron chi connectivity index (χ0n) is 17.4. The lowest BCUT2D eigenvalue weighted by Gasteiger charge is -2.22. The number of carbonyl (C=O) groups excluding carboxylic acids is 1. The second kappa shape index (κ2) is 8.02. The third kappa shape index (κ3) is 3.54. The molecule has 1 aliphatic rings. The Morgan fingerprint density at radius 1 is 1.13 bits per heavy atom. The molecule has 0 aliphatic carbocycles. The molecule has 4 rings (SSSR count). The van der Waals surface area contributed by atoms with Crippen LogP contribution in [0, 0.1) is 6.92 Å². The van der Waals surface area contributed by atoms with Crippen LogP contribution in [0.2, 0.25) is 0 Å². The number of pyridine rings is 2. The molecule has 1 aliphatic heterocycles. The molecule has 0 atom stereocenters. The standard InChI is InChI=1S/C23H25N5O2/c1-4-28-21-18(23(29)27(3)19-6-5-10-25-22(19)28)13-16(14-26-21)9-11-30-20-8-7-17(24)12-15(20)2/h5-8,10,12-14H,4,9,11,24H2,1-3H3. The fraction of sp³-hybridized carbons (Fsp3) is 0.261. The number of amides is 1. The Balaban J connectivity index is 1.59. The zero-order chi connectivity index (χ0) is 21.3. The van der Waals surface area contributed by atoms with Gasteiger partial charge in [-0.25, -0.2) is 9.97 Å². The van der Waals surface area contributed by atoms with Gasteiger partial charge in [-0.2, -0.15) is 0 Å². The summed E-state index contributed by atoms with van der Waals surface area (Å²) in [5.41, 5.74) is 9.79. The number of rotatable bonds is 5. The highest BCUT2D eigenvalue weighted by molar-refractivity contribution is 6.12. The Morgan fingerprint density at radius 2 is 1.97 bits per heavy atom. The van der Waals surface area contributed by atoms with Gasteiger partial charge in [0.15, 0.2) is 5.82 Å². The van der Waals surface area contributed by atoms with Crippen LogP contribution in [0.3, 0.4) is 0 Å². The van der Waals surface area contributed by atoms with E-state index in [0.29, 0.717) is 36.6 Å². The first-order chi connectivity index (χ1) is 14.5. The molecule has 30 heavy (non-hydrogen) atoms. The summed E-state index contributed by atoms with van der Waals surface area (Å²) in [7, 11) is 1.77. The Morgan fingerprint density at radius 3 is 2.73 bits per heavy atom. The summed E-state index contributed by atoms with van der Waals surface area (Å²) in [6.45, 7) is 5.13. The molecule has 154 valence electrons. The van der Waals surface area contributed by atoms with Gasteiger partial charge in [0.25, 0.3) is 5.91 Å². The normalized spacial score (nSPS) is 13.0. The topological polar surface area (TPSA) is 84.6 Å². The average molecular weight is 403 g/mol. The first kappa shape index (κ1) is 19.7. The number of ether oxygens (including phenoxy) is 1. The van der Waals surface area contributed by atoms with Crippen molar-refractivity contribution < 1.29 is 9.53 Å². The van der Waals surface area contributed by atoms with Crippen LogP contribution < -0.4 is 20.3 Å². The molecule has 1 aromatic carbocycles. The summed E-state index contributed by atoms with van der Waals surface area (Å²) >= 11 is 0. The van der Waals surface area contributed by atoms with E-state index in [4.69, 9.17) is 10.5 Å². The third-order valence-corrected chi connectivity index (χ3v) is 5.26. The fourth-order valence-electron chi connectivity index (χ4n) is 3.67. The van der Waals surface area contributed by atoms with Crippen LogP contribution in [0.1, 0.15) is 28.4 Å². The number of fused-ring (bicyclic) bond motifs is 2. The van der Waals surface area contributed by atoms with E-state index in [1.165, 1.54) is 0 Å². The molecule has 7 nitrogen and oxygen atoms in total. The predicted octanol–water partition coefficient (Wildman–Crippen LogP) is 3.74. The maximum Gasteiger partial charge on any atom is 0.261 e. The highest BCUT2D eigenvalue weighted by Gasteiger charge is 2.30. The molecule has 1 amide bonds. The number of hydrogen-bond acceptors (Lipinski definition) is 6. The zero-order valence-corrected chi connectivity index (χ0v) is 17.4. The van der Waals surface area contributed by atoms with Crippen molar-refractivity contribution in [1.82, 2.24) is 9.97 Å². The van der Waals surface area contributed by atoms with Crippen molar-refractivity contribution in [3.63, 3.8) is 0 Å². The van der Waals surface area contributed by atoms with Crippen molar-refractivity contribution in [1.29, 1.82) is 0 Å². The molecular weight excluding hydrogens is 378 g/mol. The lowest BCUT2D eigenvalue weighted by molar-refractivity contribution is 0.0994. The number of carbonyl (C=O) groups is 1. The van der Waals surface area contributed by atoms with Gasteiger partial charge in [-0.3, -0.25) is 4.79 Å². The van der Waals surface area contributed by atoms with E-state index in [0.717, 1.165) is 28.4 Å². The molecule has 0 saturated heterocycles. The monoisotopic (exact) mass is 403 g/mol. The lowest BCUT2D eigenvalue weighted by Crippen LogP contribution is -2.25. The Hall–Kier alpha value is -3.61. The van der Waals surface area contributed by atoms with E-state index < -0.39 is 0 Å². The van der Waals surface area contributed by atoms with Crippen LogP contribution in [0.15, 0.2) is 48.8 Å². The van der Waals surface area contributed by atoms with E-state index >= 15 is 0 Å². The Labute approximate surface area is 176 Å². The van der Waals surface area contributed by atoms with Crippen LogP contribution in [-0.2, 0) is 6.42 Å². The van der Waals surface area contributed by atoms with Crippen molar-refractivity contribution in [3.8, 4) is 5.75 Å². The van der Waals surface area contributed by atoms with Gasteiger partial charge in [0, 0.05) is 38.1 Å². The van der Waals surface area contributed by atoms with Crippen molar-refractivity contribution >= 4 is 28.9 Å². The Kier molecular flexibility index (Phi) is 5.27. The van der Waals surface area contributed by atoms with Crippen LogP contribution >= 0.6 is 0 Å². The largest absolute Gasteiger partial charge is 0.493 e. The molecule has 7 heteroatoms. The molecular formula is C23H25N5O2. The van der Waals surface area contributed by atoms with Gasteiger partial charge in [-0.15, -0.1) is 0 Å². The second-order valence-electron chi connectivity index (χ2n) is 7.29. The minimum Gasteiger partial charge on any atom is -0.493 e. The molecule has 3 aromatic rings. The highest BCUT2D eigenvalue weighted by Crippen LogP contribution is 2.37. The van der Waals surface area contributed by atoms with Crippen LogP contribution in [0.4, 0.5) is 23.0 Å². The van der Waals surface area contributed by atoms with Gasteiger partial charge in [0.05, 0.1) is 17.9 Å². The Bertz CT molecular complexity index is 1100. The van der Waals surface area contributed by atoms with E-state index in [1.54, 1.807) is 18.1 Å². The molecule has 2 N–H and O–H groups in total. The van der Waals surface area contributed by atoms with Crippen molar-refractivity contribution in [2.45, 2.75) is 20.3 Å². The lowest BCUT2D eigenvalue weighted by atomic mass is 10.1. The van der Waals surface area contributed by atoms with Gasteiger partial charge in [-0.05, 0) is 61.4 Å². The van der Waals surface area contributed by atoms with Gasteiger partial charge in [-0.1, -0.05) is 0 Å². The van der Waals surface area contributed by atoms with E-state index in [-0.39, 0.29) is 5.91 Å². The SMILES string of the molecule is CCN1c2ncc(CCOc3ccc(N)cc3C)cc2C(=O)N(C)c2cccnc21. The molecule has 0 saturated carbocycles. The average Bonchev–Trinajstić information content (AvgIpc) is 2.83. The number of anilines is 4. The van der Waals surface area contributed by atoms with Crippen LogP contribution in [0.5, 0.6) is 5.75 Å². The van der Waals surface area contributed by atoms with Crippen LogP contribution in [0.25, 0.3) is 0 Å². The minimum atomic E-state index is -0.0974. The first-order valence-corrected chi connectivity index (χ1v) is 9.98. The number of nitrogen functional groups attached to an aromatic ring is 1. The molecule has 0 spiro atoms. The summed E-state index contributed by atoms with van der Waals surface area (Å²) in [6, 6.07) is 11.2. The fourth-order valence-corrected chi connectivity index (χ4v) is 3.67. The summed E-state index contributed by atoms with van der Waals surface area (Å²) in [5, 5.41) is 0. The number of nitrogens with two attached hydrogens (primary N) is 1. The summed E-state index contributed by atoms with van der Waals surface area (Å²) < 4.78 is 5.91. The summed E-state index contributed by atoms with van der Waals surface area (Å²) in [5.74, 6) is 2.07. The molecule has 3 heterocycles. The third-order valence-electron chi connectivity index (χ3n) is 5.26. The predicted molar refractivity (Wildman–Crippen MR) is 119 cm³/mol. The molecule has 0 unspecified atom stereocenters. The smallest absolute Gasteiger partial charge is 0.261 e. The molecule has 0 fully saturated rings. The highest BCUT2D eigenvalue weighted by atomic mass is 16.5. The van der Waals surface area contributed by atoms with E-state index in [9.17, 15) is 4.79 Å². The van der Waals surface area contributed by atoms with Crippen molar-refractivity contribution in [2.75, 3.05) is 35.7 Å². The van der Waals surface area contributed by atoms with Gasteiger partial charge in [0.1, 0.15) is 11.6 Å². The van der Waals surface area contributed by atoms with E-state index in [1.807, 2.05) is 61.3 Å².